The smallest absolute Gasteiger partial charge is 0.226 e. The molecule has 0 N–H and O–H groups in total. The molecule has 24 heavy (non-hydrogen) atoms. The monoisotopic (exact) mass is 356 g/mol. The summed E-state index contributed by atoms with van der Waals surface area (Å²) >= 11 is 0. The highest BCUT2D eigenvalue weighted by molar-refractivity contribution is 7.89. The Labute approximate surface area is 146 Å². The van der Waals surface area contributed by atoms with E-state index in [1.54, 1.807) is 4.31 Å². The average Bonchev–Trinajstić information content (AvgIpc) is 3.25. The third-order valence-corrected chi connectivity index (χ3v) is 8.26. The third-order valence-electron chi connectivity index (χ3n) is 6.18. The Kier molecular flexibility index (Phi) is 5.85. The molecular formula is C18H32N2O3S. The number of likely N-dealkylation sites (tertiary alicyclic amines) is 1. The van der Waals surface area contributed by atoms with E-state index in [-0.39, 0.29) is 11.7 Å². The zero-order valence-electron chi connectivity index (χ0n) is 15.0. The Morgan fingerprint density at radius 1 is 0.958 bits per heavy atom. The van der Waals surface area contributed by atoms with E-state index in [1.165, 1.54) is 32.1 Å². The maximum atomic E-state index is 13.0. The number of carbonyl (C=O) groups is 1. The lowest BCUT2D eigenvalue weighted by atomic mass is 9.92. The van der Waals surface area contributed by atoms with Gasteiger partial charge in [0.2, 0.25) is 15.9 Å². The van der Waals surface area contributed by atoms with Gasteiger partial charge in [-0.3, -0.25) is 4.79 Å². The summed E-state index contributed by atoms with van der Waals surface area (Å²) in [5.74, 6) is 1.26. The molecule has 0 aromatic rings. The molecule has 2 saturated heterocycles. The number of amides is 1. The van der Waals surface area contributed by atoms with Gasteiger partial charge in [0.05, 0.1) is 5.75 Å². The first kappa shape index (κ1) is 18.2. The van der Waals surface area contributed by atoms with Gasteiger partial charge in [-0.25, -0.2) is 12.7 Å². The number of carbonyl (C=O) groups excluding carboxylic acids is 1. The van der Waals surface area contributed by atoms with Gasteiger partial charge in [0.1, 0.15) is 0 Å². The molecule has 1 saturated carbocycles. The van der Waals surface area contributed by atoms with Crippen LogP contribution in [0.25, 0.3) is 0 Å². The van der Waals surface area contributed by atoms with Crippen LogP contribution in [0.3, 0.4) is 0 Å². The summed E-state index contributed by atoms with van der Waals surface area (Å²) < 4.78 is 25.9. The molecule has 0 radical (unpaired) electrons. The van der Waals surface area contributed by atoms with Gasteiger partial charge in [-0.2, -0.15) is 0 Å². The van der Waals surface area contributed by atoms with Crippen LogP contribution in [0.5, 0.6) is 0 Å². The van der Waals surface area contributed by atoms with Gasteiger partial charge in [-0.05, 0) is 50.9 Å². The summed E-state index contributed by atoms with van der Waals surface area (Å²) in [7, 11) is -3.12. The number of rotatable bonds is 5. The van der Waals surface area contributed by atoms with Crippen molar-refractivity contribution < 1.29 is 13.2 Å². The number of piperidine rings is 1. The van der Waals surface area contributed by atoms with Crippen molar-refractivity contribution in [2.24, 2.45) is 11.8 Å². The molecule has 3 rings (SSSR count). The van der Waals surface area contributed by atoms with Crippen molar-refractivity contribution in [3.05, 3.63) is 0 Å². The zero-order valence-corrected chi connectivity index (χ0v) is 15.8. The molecule has 2 aliphatic heterocycles. The molecule has 1 aliphatic carbocycles. The first-order valence-corrected chi connectivity index (χ1v) is 11.4. The molecule has 0 spiro atoms. The van der Waals surface area contributed by atoms with Crippen LogP contribution in [0.4, 0.5) is 0 Å². The second-order valence-corrected chi connectivity index (χ2v) is 9.86. The molecule has 1 amide bonds. The fourth-order valence-corrected chi connectivity index (χ4v) is 6.44. The Morgan fingerprint density at radius 2 is 1.62 bits per heavy atom. The predicted molar refractivity (Wildman–Crippen MR) is 95.1 cm³/mol. The van der Waals surface area contributed by atoms with E-state index < -0.39 is 10.0 Å². The molecular weight excluding hydrogens is 324 g/mol. The van der Waals surface area contributed by atoms with Crippen LogP contribution in [-0.2, 0) is 14.8 Å². The Balaban J connectivity index is 1.57. The van der Waals surface area contributed by atoms with Crippen molar-refractivity contribution in [2.45, 2.75) is 70.8 Å². The van der Waals surface area contributed by atoms with E-state index in [0.29, 0.717) is 50.2 Å². The maximum Gasteiger partial charge on any atom is 0.226 e. The lowest BCUT2D eigenvalue weighted by Crippen LogP contribution is -2.47. The first-order valence-electron chi connectivity index (χ1n) is 9.81. The molecule has 0 aromatic carbocycles. The van der Waals surface area contributed by atoms with Gasteiger partial charge in [-0.15, -0.1) is 0 Å². The predicted octanol–water partition coefficient (Wildman–Crippen LogP) is 2.62. The SMILES string of the molecule is CCCS(=O)(=O)N1CCC(C(=O)N2CCCC2C2CCCC2)CC1. The van der Waals surface area contributed by atoms with Gasteiger partial charge in [0.25, 0.3) is 0 Å². The van der Waals surface area contributed by atoms with E-state index in [2.05, 4.69) is 4.90 Å². The number of hydrogen-bond acceptors (Lipinski definition) is 3. The minimum Gasteiger partial charge on any atom is -0.339 e. The lowest BCUT2D eigenvalue weighted by Gasteiger charge is -2.36. The van der Waals surface area contributed by atoms with Crippen molar-refractivity contribution in [1.29, 1.82) is 0 Å². The van der Waals surface area contributed by atoms with E-state index in [1.807, 2.05) is 6.92 Å². The van der Waals surface area contributed by atoms with Crippen LogP contribution >= 0.6 is 0 Å². The molecule has 1 unspecified atom stereocenters. The van der Waals surface area contributed by atoms with Crippen LogP contribution in [0, 0.1) is 11.8 Å². The number of hydrogen-bond donors (Lipinski definition) is 0. The van der Waals surface area contributed by atoms with Gasteiger partial charge >= 0.3 is 0 Å². The fourth-order valence-electron chi connectivity index (χ4n) is 4.90. The van der Waals surface area contributed by atoms with Crippen LogP contribution in [0.15, 0.2) is 0 Å². The summed E-state index contributed by atoms with van der Waals surface area (Å²) in [6.07, 6.45) is 9.53. The minimum atomic E-state index is -3.12. The molecule has 0 aromatic heterocycles. The largest absolute Gasteiger partial charge is 0.339 e. The van der Waals surface area contributed by atoms with E-state index in [4.69, 9.17) is 0 Å². The third kappa shape index (κ3) is 3.79. The second kappa shape index (κ2) is 7.73. The molecule has 6 heteroatoms. The Bertz CT molecular complexity index is 534. The van der Waals surface area contributed by atoms with Crippen molar-refractivity contribution in [3.63, 3.8) is 0 Å². The average molecular weight is 357 g/mol. The summed E-state index contributed by atoms with van der Waals surface area (Å²) in [5.41, 5.74) is 0. The standard InChI is InChI=1S/C18H32N2O3S/c1-2-14-24(22,23)19-12-9-16(10-13-19)18(21)20-11-5-8-17(20)15-6-3-4-7-15/h15-17H,2-14H2,1H3. The van der Waals surface area contributed by atoms with Crippen molar-refractivity contribution >= 4 is 15.9 Å². The highest BCUT2D eigenvalue weighted by Gasteiger charge is 2.39. The van der Waals surface area contributed by atoms with Crippen LogP contribution in [-0.4, -0.2) is 55.0 Å². The Morgan fingerprint density at radius 3 is 2.25 bits per heavy atom. The lowest BCUT2D eigenvalue weighted by molar-refractivity contribution is -0.138. The summed E-state index contributed by atoms with van der Waals surface area (Å²) in [6, 6.07) is 0.460. The minimum absolute atomic E-state index is 0.0279. The zero-order chi connectivity index (χ0) is 17.2. The molecule has 138 valence electrons. The van der Waals surface area contributed by atoms with Gasteiger partial charge < -0.3 is 4.90 Å². The Hall–Kier alpha value is -0.620. The van der Waals surface area contributed by atoms with Crippen molar-refractivity contribution in [3.8, 4) is 0 Å². The second-order valence-electron chi connectivity index (χ2n) is 7.78. The van der Waals surface area contributed by atoms with E-state index in [9.17, 15) is 13.2 Å². The molecule has 3 fully saturated rings. The molecule has 5 nitrogen and oxygen atoms in total. The first-order chi connectivity index (χ1) is 11.5. The summed E-state index contributed by atoms with van der Waals surface area (Å²) in [4.78, 5) is 15.2. The number of sulfonamides is 1. The highest BCUT2D eigenvalue weighted by atomic mass is 32.2. The molecule has 3 aliphatic rings. The summed E-state index contributed by atoms with van der Waals surface area (Å²) in [5, 5.41) is 0. The number of nitrogens with zero attached hydrogens (tertiary/aromatic N) is 2. The maximum absolute atomic E-state index is 13.0. The van der Waals surface area contributed by atoms with Crippen LogP contribution in [0.1, 0.15) is 64.7 Å². The van der Waals surface area contributed by atoms with E-state index >= 15 is 0 Å². The van der Waals surface area contributed by atoms with Crippen molar-refractivity contribution in [2.75, 3.05) is 25.4 Å². The van der Waals surface area contributed by atoms with Gasteiger partial charge in [0, 0.05) is 31.6 Å². The topological polar surface area (TPSA) is 57.7 Å². The van der Waals surface area contributed by atoms with E-state index in [0.717, 1.165) is 13.0 Å². The van der Waals surface area contributed by atoms with Crippen LogP contribution in [0.2, 0.25) is 0 Å². The van der Waals surface area contributed by atoms with Crippen LogP contribution < -0.4 is 0 Å². The normalized spacial score (nSPS) is 27.9. The summed E-state index contributed by atoms with van der Waals surface area (Å²) in [6.45, 7) is 3.83. The quantitative estimate of drug-likeness (QED) is 0.761. The highest BCUT2D eigenvalue weighted by Crippen LogP contribution is 2.36. The molecule has 2 heterocycles. The van der Waals surface area contributed by atoms with Gasteiger partial charge in [-0.1, -0.05) is 19.8 Å². The van der Waals surface area contributed by atoms with Crippen molar-refractivity contribution in [1.82, 2.24) is 9.21 Å². The molecule has 1 atom stereocenters. The molecule has 0 bridgehead atoms. The van der Waals surface area contributed by atoms with Gasteiger partial charge in [0.15, 0.2) is 0 Å². The fraction of sp³-hybridized carbons (Fsp3) is 0.944.